The summed E-state index contributed by atoms with van der Waals surface area (Å²) in [6.45, 7) is 0. The van der Waals surface area contributed by atoms with Gasteiger partial charge in [0, 0.05) is 24.7 Å². The molecule has 3 heteroatoms. The number of carboxylic acids is 1. The molecule has 1 radical (unpaired) electrons. The van der Waals surface area contributed by atoms with Crippen molar-refractivity contribution >= 4 is 16.9 Å². The quantitative estimate of drug-likeness (QED) is 0.714. The predicted octanol–water partition coefficient (Wildman–Crippen LogP) is 1.68. The number of aryl methyl sites for hydroxylation is 1. The molecular weight excluding hydrogens is 166 g/mol. The third-order valence-electron chi connectivity index (χ3n) is 2.03. The lowest BCUT2D eigenvalue weighted by Gasteiger charge is -1.92. The van der Waals surface area contributed by atoms with Gasteiger partial charge in [0.15, 0.2) is 0 Å². The summed E-state index contributed by atoms with van der Waals surface area (Å²) < 4.78 is 1.76. The number of aromatic carboxylic acids is 1. The van der Waals surface area contributed by atoms with Gasteiger partial charge in [0.2, 0.25) is 0 Å². The van der Waals surface area contributed by atoms with Crippen molar-refractivity contribution in [3.8, 4) is 0 Å². The topological polar surface area (TPSA) is 42.2 Å². The number of fused-ring (bicyclic) bond motifs is 1. The molecule has 0 saturated carbocycles. The van der Waals surface area contributed by atoms with Crippen LogP contribution >= 0.6 is 0 Å². The molecule has 0 atom stereocenters. The Bertz CT molecular complexity index is 471. The first kappa shape index (κ1) is 7.86. The van der Waals surface area contributed by atoms with Crippen molar-refractivity contribution in [1.29, 1.82) is 0 Å². The highest BCUT2D eigenvalue weighted by molar-refractivity contribution is 6.03. The Morgan fingerprint density at radius 1 is 1.62 bits per heavy atom. The minimum atomic E-state index is -0.898. The zero-order chi connectivity index (χ0) is 9.42. The van der Waals surface area contributed by atoms with Gasteiger partial charge < -0.3 is 9.67 Å². The van der Waals surface area contributed by atoms with E-state index in [2.05, 4.69) is 6.07 Å². The van der Waals surface area contributed by atoms with Crippen LogP contribution in [0.2, 0.25) is 0 Å². The minimum Gasteiger partial charge on any atom is -0.478 e. The molecule has 2 rings (SSSR count). The highest BCUT2D eigenvalue weighted by Crippen LogP contribution is 2.19. The molecular formula is C10H8NO2. The van der Waals surface area contributed by atoms with E-state index in [4.69, 9.17) is 5.11 Å². The van der Waals surface area contributed by atoms with E-state index in [1.807, 2.05) is 7.05 Å². The van der Waals surface area contributed by atoms with Gasteiger partial charge in [0.05, 0.1) is 11.1 Å². The summed E-state index contributed by atoms with van der Waals surface area (Å²) >= 11 is 0. The maximum absolute atomic E-state index is 10.8. The van der Waals surface area contributed by atoms with E-state index >= 15 is 0 Å². The predicted molar refractivity (Wildman–Crippen MR) is 48.7 cm³/mol. The molecule has 0 spiro atoms. The smallest absolute Gasteiger partial charge is 0.337 e. The van der Waals surface area contributed by atoms with Crippen LogP contribution in [0.3, 0.4) is 0 Å². The van der Waals surface area contributed by atoms with Crippen molar-refractivity contribution in [3.63, 3.8) is 0 Å². The van der Waals surface area contributed by atoms with E-state index in [9.17, 15) is 4.79 Å². The van der Waals surface area contributed by atoms with E-state index in [1.54, 1.807) is 29.0 Å². The number of para-hydroxylation sites is 1. The Hall–Kier alpha value is -1.77. The number of hydrogen-bond acceptors (Lipinski definition) is 1. The lowest BCUT2D eigenvalue weighted by Crippen LogP contribution is -1.93. The Kier molecular flexibility index (Phi) is 1.59. The monoisotopic (exact) mass is 174 g/mol. The number of hydrogen-bond donors (Lipinski definition) is 1. The van der Waals surface area contributed by atoms with Crippen molar-refractivity contribution in [3.05, 3.63) is 36.0 Å². The molecule has 1 aromatic heterocycles. The van der Waals surface area contributed by atoms with Crippen LogP contribution in [0, 0.1) is 6.07 Å². The van der Waals surface area contributed by atoms with Crippen molar-refractivity contribution < 1.29 is 9.90 Å². The van der Waals surface area contributed by atoms with Crippen LogP contribution < -0.4 is 0 Å². The maximum atomic E-state index is 10.8. The van der Waals surface area contributed by atoms with E-state index in [1.165, 1.54) is 0 Å². The van der Waals surface area contributed by atoms with E-state index in [0.29, 0.717) is 5.56 Å². The molecule has 0 unspecified atom stereocenters. The second kappa shape index (κ2) is 2.62. The standard InChI is InChI=1S/C10H8NO2/c1-11-6-8(10(12)13)7-4-2-3-5-9(7)11/h2-4,6H,1H3,(H,12,13). The zero-order valence-electron chi connectivity index (χ0n) is 7.11. The molecule has 0 amide bonds. The van der Waals surface area contributed by atoms with E-state index < -0.39 is 5.97 Å². The third-order valence-corrected chi connectivity index (χ3v) is 2.03. The molecule has 0 bridgehead atoms. The molecule has 2 aromatic rings. The van der Waals surface area contributed by atoms with Gasteiger partial charge >= 0.3 is 5.97 Å². The number of benzene rings is 1. The SMILES string of the molecule is Cn1cc(C(=O)O)c2ccc[c]c21. The highest BCUT2D eigenvalue weighted by atomic mass is 16.4. The van der Waals surface area contributed by atoms with E-state index in [0.717, 1.165) is 10.9 Å². The molecule has 0 fully saturated rings. The average molecular weight is 174 g/mol. The highest BCUT2D eigenvalue weighted by Gasteiger charge is 2.11. The summed E-state index contributed by atoms with van der Waals surface area (Å²) in [6.07, 6.45) is 1.60. The maximum Gasteiger partial charge on any atom is 0.337 e. The summed E-state index contributed by atoms with van der Waals surface area (Å²) in [4.78, 5) is 10.8. The molecule has 0 saturated heterocycles. The largest absolute Gasteiger partial charge is 0.478 e. The molecule has 1 heterocycles. The fourth-order valence-electron chi connectivity index (χ4n) is 1.44. The number of aromatic nitrogens is 1. The summed E-state index contributed by atoms with van der Waals surface area (Å²) in [5, 5.41) is 9.60. The molecule has 3 nitrogen and oxygen atoms in total. The van der Waals surface area contributed by atoms with Crippen LogP contribution in [-0.2, 0) is 7.05 Å². The van der Waals surface area contributed by atoms with Crippen molar-refractivity contribution in [2.24, 2.45) is 7.05 Å². The van der Waals surface area contributed by atoms with Crippen LogP contribution in [0.4, 0.5) is 0 Å². The summed E-state index contributed by atoms with van der Waals surface area (Å²) in [7, 11) is 1.81. The van der Waals surface area contributed by atoms with Gasteiger partial charge in [-0.15, -0.1) is 0 Å². The first-order chi connectivity index (χ1) is 6.20. The number of carboxylic acid groups (broad SMARTS) is 1. The van der Waals surface area contributed by atoms with Gasteiger partial charge in [-0.2, -0.15) is 0 Å². The third kappa shape index (κ3) is 1.09. The van der Waals surface area contributed by atoms with Gasteiger partial charge in [-0.3, -0.25) is 0 Å². The molecule has 13 heavy (non-hydrogen) atoms. The summed E-state index contributed by atoms with van der Waals surface area (Å²) in [5.41, 5.74) is 1.15. The second-order valence-corrected chi connectivity index (χ2v) is 2.89. The Morgan fingerprint density at radius 3 is 3.08 bits per heavy atom. The Morgan fingerprint density at radius 2 is 2.38 bits per heavy atom. The molecule has 0 aliphatic rings. The second-order valence-electron chi connectivity index (χ2n) is 2.89. The lowest BCUT2D eigenvalue weighted by molar-refractivity contribution is 0.0699. The zero-order valence-corrected chi connectivity index (χ0v) is 7.11. The van der Waals surface area contributed by atoms with Crippen LogP contribution in [0.25, 0.3) is 10.9 Å². The Labute approximate surface area is 75.2 Å². The van der Waals surface area contributed by atoms with Gasteiger partial charge in [-0.05, 0) is 0 Å². The molecule has 65 valence electrons. The Balaban J connectivity index is 2.85. The van der Waals surface area contributed by atoms with Crippen molar-refractivity contribution in [1.82, 2.24) is 4.57 Å². The molecule has 1 aromatic carbocycles. The van der Waals surface area contributed by atoms with Gasteiger partial charge in [0.25, 0.3) is 0 Å². The van der Waals surface area contributed by atoms with Crippen LogP contribution in [0.1, 0.15) is 10.4 Å². The first-order valence-electron chi connectivity index (χ1n) is 3.89. The average Bonchev–Trinajstić information content (AvgIpc) is 2.45. The van der Waals surface area contributed by atoms with Gasteiger partial charge in [0.1, 0.15) is 0 Å². The molecule has 0 aliphatic heterocycles. The van der Waals surface area contributed by atoms with Crippen LogP contribution in [0.15, 0.2) is 24.4 Å². The summed E-state index contributed by atoms with van der Waals surface area (Å²) in [6, 6.07) is 8.34. The van der Waals surface area contributed by atoms with Crippen LogP contribution in [0.5, 0.6) is 0 Å². The molecule has 0 aliphatic carbocycles. The summed E-state index contributed by atoms with van der Waals surface area (Å²) in [5.74, 6) is -0.898. The molecule has 1 N–H and O–H groups in total. The number of carbonyl (C=O) groups is 1. The fraction of sp³-hybridized carbons (Fsp3) is 0.100. The van der Waals surface area contributed by atoms with Crippen molar-refractivity contribution in [2.45, 2.75) is 0 Å². The van der Waals surface area contributed by atoms with Gasteiger partial charge in [-0.25, -0.2) is 4.79 Å². The van der Waals surface area contributed by atoms with Crippen molar-refractivity contribution in [2.75, 3.05) is 0 Å². The van der Waals surface area contributed by atoms with E-state index in [-0.39, 0.29) is 0 Å². The number of rotatable bonds is 1. The van der Waals surface area contributed by atoms with Crippen LogP contribution in [-0.4, -0.2) is 15.6 Å². The first-order valence-corrected chi connectivity index (χ1v) is 3.89. The normalized spacial score (nSPS) is 10.5. The van der Waals surface area contributed by atoms with Gasteiger partial charge in [-0.1, -0.05) is 18.2 Å². The number of nitrogens with zero attached hydrogens (tertiary/aromatic N) is 1. The lowest BCUT2D eigenvalue weighted by atomic mass is 10.2. The minimum absolute atomic E-state index is 0.328. The fourth-order valence-corrected chi connectivity index (χ4v) is 1.44.